The van der Waals surface area contributed by atoms with Crippen molar-refractivity contribution in [3.63, 3.8) is 0 Å². The molecular weight excluding hydrogens is 603 g/mol. The first kappa shape index (κ1) is 27.5. The molecule has 5 nitrogen and oxygen atoms in total. The zero-order chi connectivity index (χ0) is 25.7. The zero-order valence-electron chi connectivity index (χ0n) is 19.3. The minimum Gasteiger partial charge on any atom is -0.331 e. The monoisotopic (exact) mass is 626 g/mol. The quantitative estimate of drug-likeness (QED) is 0.299. The molecule has 0 saturated carbocycles. The molecule has 36 heavy (non-hydrogen) atoms. The first-order valence-electron chi connectivity index (χ1n) is 11.4. The van der Waals surface area contributed by atoms with Crippen LogP contribution in [-0.4, -0.2) is 36.8 Å². The van der Waals surface area contributed by atoms with Crippen LogP contribution in [0.15, 0.2) is 76.1 Å². The maximum atomic E-state index is 13.6. The van der Waals surface area contributed by atoms with Gasteiger partial charge in [0.05, 0.1) is 14.9 Å². The molecule has 3 aromatic rings. The predicted octanol–water partition coefficient (Wildman–Crippen LogP) is 6.77. The van der Waals surface area contributed by atoms with Crippen LogP contribution < -0.4 is 4.72 Å². The van der Waals surface area contributed by atoms with Crippen molar-refractivity contribution < 1.29 is 13.2 Å². The topological polar surface area (TPSA) is 66.5 Å². The number of sulfonamides is 1. The second-order valence-electron chi connectivity index (χ2n) is 8.50. The number of thioether (sulfide) groups is 1. The van der Waals surface area contributed by atoms with E-state index >= 15 is 0 Å². The van der Waals surface area contributed by atoms with Gasteiger partial charge in [-0.15, -0.1) is 0 Å². The molecule has 190 valence electrons. The number of amides is 1. The lowest BCUT2D eigenvalue weighted by Crippen LogP contribution is -2.41. The second kappa shape index (κ2) is 12.3. The third kappa shape index (κ3) is 7.05. The average Bonchev–Trinajstić information content (AvgIpc) is 2.88. The third-order valence-electron chi connectivity index (χ3n) is 6.00. The first-order chi connectivity index (χ1) is 17.2. The number of carbonyl (C=O) groups is 1. The Morgan fingerprint density at radius 2 is 1.69 bits per heavy atom. The SMILES string of the molecule is O=C(c1ccc(CNS(=O)(=O)c2ccc(Cl)c(Cl)c2)cc1)N(Cc1cccc(Br)c1)C1CCSCC1. The Morgan fingerprint density at radius 3 is 2.36 bits per heavy atom. The van der Waals surface area contributed by atoms with Crippen LogP contribution >= 0.6 is 50.9 Å². The van der Waals surface area contributed by atoms with Crippen molar-refractivity contribution >= 4 is 66.8 Å². The van der Waals surface area contributed by atoms with Crippen molar-refractivity contribution in [1.82, 2.24) is 9.62 Å². The summed E-state index contributed by atoms with van der Waals surface area (Å²) in [5, 5.41) is 0.461. The Balaban J connectivity index is 1.47. The van der Waals surface area contributed by atoms with Gasteiger partial charge in [0.2, 0.25) is 10.0 Å². The molecule has 0 radical (unpaired) electrons. The molecule has 1 fully saturated rings. The van der Waals surface area contributed by atoms with E-state index in [1.165, 1.54) is 18.2 Å². The van der Waals surface area contributed by atoms with E-state index in [4.69, 9.17) is 23.2 Å². The molecule has 1 aliphatic heterocycles. The number of halogens is 3. The number of hydrogen-bond donors (Lipinski definition) is 1. The second-order valence-corrected chi connectivity index (χ2v) is 13.2. The first-order valence-corrected chi connectivity index (χ1v) is 15.6. The molecule has 0 spiro atoms. The van der Waals surface area contributed by atoms with Crippen LogP contribution in [0.2, 0.25) is 10.0 Å². The molecule has 1 saturated heterocycles. The molecule has 1 heterocycles. The van der Waals surface area contributed by atoms with Gasteiger partial charge in [-0.05, 0) is 77.9 Å². The largest absolute Gasteiger partial charge is 0.331 e. The fraction of sp³-hybridized carbons (Fsp3) is 0.269. The van der Waals surface area contributed by atoms with E-state index < -0.39 is 10.0 Å². The summed E-state index contributed by atoms with van der Waals surface area (Å²) in [7, 11) is -3.76. The number of nitrogens with zero attached hydrogens (tertiary/aromatic N) is 1. The van der Waals surface area contributed by atoms with Gasteiger partial charge in [0.25, 0.3) is 5.91 Å². The Labute approximate surface area is 234 Å². The van der Waals surface area contributed by atoms with Crippen LogP contribution in [0.1, 0.15) is 34.3 Å². The number of nitrogens with one attached hydrogen (secondary N) is 1. The highest BCUT2D eigenvalue weighted by Gasteiger charge is 2.27. The molecule has 1 aliphatic rings. The fourth-order valence-electron chi connectivity index (χ4n) is 4.03. The van der Waals surface area contributed by atoms with Crippen LogP contribution in [-0.2, 0) is 23.1 Å². The van der Waals surface area contributed by atoms with Gasteiger partial charge in [0, 0.05) is 29.2 Å². The summed E-state index contributed by atoms with van der Waals surface area (Å²) in [6, 6.07) is 19.5. The smallest absolute Gasteiger partial charge is 0.254 e. The summed E-state index contributed by atoms with van der Waals surface area (Å²) in [6.07, 6.45) is 1.94. The van der Waals surface area contributed by atoms with Crippen molar-refractivity contribution in [1.29, 1.82) is 0 Å². The molecule has 0 aromatic heterocycles. The average molecular weight is 628 g/mol. The van der Waals surface area contributed by atoms with Gasteiger partial charge in [-0.1, -0.05) is 63.4 Å². The van der Waals surface area contributed by atoms with Crippen molar-refractivity contribution in [2.75, 3.05) is 11.5 Å². The maximum absolute atomic E-state index is 13.6. The predicted molar refractivity (Wildman–Crippen MR) is 151 cm³/mol. The summed E-state index contributed by atoms with van der Waals surface area (Å²) >= 11 is 17.3. The molecule has 1 amide bonds. The van der Waals surface area contributed by atoms with Crippen LogP contribution in [0.25, 0.3) is 0 Å². The lowest BCUT2D eigenvalue weighted by atomic mass is 10.0. The molecule has 1 N–H and O–H groups in total. The maximum Gasteiger partial charge on any atom is 0.254 e. The third-order valence-corrected chi connectivity index (χ3v) is 9.68. The molecule has 4 rings (SSSR count). The van der Waals surface area contributed by atoms with E-state index in [0.29, 0.717) is 12.1 Å². The lowest BCUT2D eigenvalue weighted by Gasteiger charge is -2.34. The highest BCUT2D eigenvalue weighted by molar-refractivity contribution is 9.10. The highest BCUT2D eigenvalue weighted by atomic mass is 79.9. The summed E-state index contributed by atoms with van der Waals surface area (Å²) < 4.78 is 28.8. The zero-order valence-corrected chi connectivity index (χ0v) is 24.0. The van der Waals surface area contributed by atoms with E-state index in [9.17, 15) is 13.2 Å². The summed E-state index contributed by atoms with van der Waals surface area (Å²) in [5.74, 6) is 2.07. The Kier molecular flexibility index (Phi) is 9.41. The summed E-state index contributed by atoms with van der Waals surface area (Å²) in [5.41, 5.74) is 2.39. The van der Waals surface area contributed by atoms with E-state index in [2.05, 4.69) is 20.7 Å². The van der Waals surface area contributed by atoms with Gasteiger partial charge in [-0.3, -0.25) is 4.79 Å². The molecule has 3 aromatic carbocycles. The van der Waals surface area contributed by atoms with E-state index in [-0.39, 0.29) is 33.4 Å². The van der Waals surface area contributed by atoms with Gasteiger partial charge in [-0.25, -0.2) is 13.1 Å². The number of benzene rings is 3. The van der Waals surface area contributed by atoms with E-state index in [0.717, 1.165) is 39.9 Å². The number of carbonyl (C=O) groups excluding carboxylic acids is 1. The Hall–Kier alpha value is -1.55. The molecule has 10 heteroatoms. The summed E-state index contributed by atoms with van der Waals surface area (Å²) in [6.45, 7) is 0.622. The van der Waals surface area contributed by atoms with Crippen LogP contribution in [0.3, 0.4) is 0 Å². The van der Waals surface area contributed by atoms with Gasteiger partial charge >= 0.3 is 0 Å². The molecule has 0 bridgehead atoms. The fourth-order valence-corrected chi connectivity index (χ4v) is 6.97. The molecule has 0 aliphatic carbocycles. The van der Waals surface area contributed by atoms with Crippen molar-refractivity contribution in [3.8, 4) is 0 Å². The minimum atomic E-state index is -3.76. The Morgan fingerprint density at radius 1 is 0.972 bits per heavy atom. The summed E-state index contributed by atoms with van der Waals surface area (Å²) in [4.78, 5) is 15.6. The van der Waals surface area contributed by atoms with Crippen LogP contribution in [0.4, 0.5) is 0 Å². The standard InChI is InChI=1S/C26H25BrCl2N2O3S2/c27-21-3-1-2-19(14-21)17-31(22-10-12-35-13-11-22)26(32)20-6-4-18(5-7-20)16-30-36(33,34)23-8-9-24(28)25(29)15-23/h1-9,14-15,22,30H,10-13,16-17H2. The van der Waals surface area contributed by atoms with Crippen molar-refractivity contribution in [2.24, 2.45) is 0 Å². The van der Waals surface area contributed by atoms with Gasteiger partial charge in [0.15, 0.2) is 0 Å². The van der Waals surface area contributed by atoms with Crippen LogP contribution in [0, 0.1) is 0 Å². The normalized spacial score (nSPS) is 14.5. The van der Waals surface area contributed by atoms with Gasteiger partial charge in [0.1, 0.15) is 0 Å². The minimum absolute atomic E-state index is 0.0187. The molecule has 0 atom stereocenters. The number of rotatable bonds is 8. The van der Waals surface area contributed by atoms with Gasteiger partial charge in [-0.2, -0.15) is 11.8 Å². The Bertz CT molecular complexity index is 1330. The van der Waals surface area contributed by atoms with Crippen molar-refractivity contribution in [3.05, 3.63) is 97.9 Å². The molecular formula is C26H25BrCl2N2O3S2. The van der Waals surface area contributed by atoms with E-state index in [1.54, 1.807) is 24.3 Å². The van der Waals surface area contributed by atoms with E-state index in [1.807, 2.05) is 40.9 Å². The molecule has 0 unspecified atom stereocenters. The van der Waals surface area contributed by atoms with Crippen molar-refractivity contribution in [2.45, 2.75) is 36.9 Å². The highest BCUT2D eigenvalue weighted by Crippen LogP contribution is 2.27. The lowest BCUT2D eigenvalue weighted by molar-refractivity contribution is 0.0649. The number of hydrogen-bond acceptors (Lipinski definition) is 4. The van der Waals surface area contributed by atoms with Gasteiger partial charge < -0.3 is 4.90 Å². The van der Waals surface area contributed by atoms with Crippen LogP contribution in [0.5, 0.6) is 0 Å².